The molecule has 0 aliphatic carbocycles. The van der Waals surface area contributed by atoms with Gasteiger partial charge >= 0.3 is 0 Å². The van der Waals surface area contributed by atoms with Gasteiger partial charge in [0, 0.05) is 0 Å². The van der Waals surface area contributed by atoms with Crippen molar-refractivity contribution in [1.82, 2.24) is 0 Å². The fourth-order valence-electron chi connectivity index (χ4n) is 2.56. The van der Waals surface area contributed by atoms with Crippen LogP contribution in [0.2, 0.25) is 0 Å². The van der Waals surface area contributed by atoms with E-state index < -0.39 is 74.6 Å². The molecule has 2 heterocycles. The van der Waals surface area contributed by atoms with Crippen LogP contribution >= 0.6 is 0 Å². The molecule has 0 bridgehead atoms. The molecule has 2 aliphatic rings. The predicted molar refractivity (Wildman–Crippen MR) is 68.6 cm³/mol. The summed E-state index contributed by atoms with van der Waals surface area (Å²) in [6.07, 6.45) is -15.7. The molecular weight excluding hydrogens is 320 g/mol. The first kappa shape index (κ1) is 18.9. The maximum Gasteiger partial charge on any atom is 0.187 e. The van der Waals surface area contributed by atoms with Gasteiger partial charge in [0.05, 0.1) is 13.2 Å². The van der Waals surface area contributed by atoms with Crippen LogP contribution in [0.1, 0.15) is 0 Å². The molecule has 2 saturated heterocycles. The highest BCUT2D eigenvalue weighted by Gasteiger charge is 2.50. The molecule has 2 aliphatic heterocycles. The van der Waals surface area contributed by atoms with Gasteiger partial charge < -0.3 is 55.1 Å². The van der Waals surface area contributed by atoms with Crippen molar-refractivity contribution in [2.24, 2.45) is 0 Å². The van der Waals surface area contributed by atoms with Crippen LogP contribution in [0.25, 0.3) is 0 Å². The van der Waals surface area contributed by atoms with Gasteiger partial charge in [-0.2, -0.15) is 0 Å². The van der Waals surface area contributed by atoms with E-state index in [0.717, 1.165) is 0 Å². The van der Waals surface area contributed by atoms with E-state index in [9.17, 15) is 30.6 Å². The van der Waals surface area contributed by atoms with Gasteiger partial charge in [0.1, 0.15) is 48.8 Å². The van der Waals surface area contributed by atoms with Crippen LogP contribution in [-0.2, 0) is 14.2 Å². The van der Waals surface area contributed by atoms with Crippen LogP contribution in [-0.4, -0.2) is 115 Å². The number of hydrogen-bond acceptors (Lipinski definition) is 11. The number of rotatable bonds is 4. The van der Waals surface area contributed by atoms with Crippen LogP contribution in [0.15, 0.2) is 0 Å². The molecule has 136 valence electrons. The van der Waals surface area contributed by atoms with Crippen molar-refractivity contribution in [1.29, 1.82) is 0 Å². The summed E-state index contributed by atoms with van der Waals surface area (Å²) < 4.78 is 15.1. The average molecular weight is 342 g/mol. The summed E-state index contributed by atoms with van der Waals surface area (Å²) in [4.78, 5) is 0. The summed E-state index contributed by atoms with van der Waals surface area (Å²) in [6.45, 7) is -1.34. The van der Waals surface area contributed by atoms with Crippen LogP contribution in [0.4, 0.5) is 0 Å². The molecule has 23 heavy (non-hydrogen) atoms. The van der Waals surface area contributed by atoms with E-state index in [0.29, 0.717) is 0 Å². The number of ether oxygens (including phenoxy) is 3. The van der Waals surface area contributed by atoms with E-state index in [4.69, 9.17) is 24.4 Å². The van der Waals surface area contributed by atoms with Crippen molar-refractivity contribution in [2.75, 3.05) is 13.2 Å². The van der Waals surface area contributed by atoms with Gasteiger partial charge in [0.2, 0.25) is 0 Å². The lowest BCUT2D eigenvalue weighted by molar-refractivity contribution is -0.355. The molecule has 5 unspecified atom stereocenters. The molecule has 0 radical (unpaired) electrons. The van der Waals surface area contributed by atoms with Gasteiger partial charge in [-0.3, -0.25) is 0 Å². The van der Waals surface area contributed by atoms with Gasteiger partial charge in [-0.15, -0.1) is 0 Å². The zero-order chi connectivity index (χ0) is 17.3. The molecule has 11 heteroatoms. The van der Waals surface area contributed by atoms with E-state index in [1.165, 1.54) is 0 Å². The Morgan fingerprint density at radius 3 is 1.78 bits per heavy atom. The predicted octanol–water partition coefficient (Wildman–Crippen LogP) is -5.40. The van der Waals surface area contributed by atoms with Gasteiger partial charge in [-0.05, 0) is 0 Å². The molecule has 10 atom stereocenters. The highest BCUT2D eigenvalue weighted by atomic mass is 16.7. The summed E-state index contributed by atoms with van der Waals surface area (Å²) in [5.41, 5.74) is 0. The van der Waals surface area contributed by atoms with Crippen molar-refractivity contribution < 1.29 is 55.1 Å². The normalized spacial score (nSPS) is 51.7. The van der Waals surface area contributed by atoms with E-state index in [-0.39, 0.29) is 0 Å². The summed E-state index contributed by atoms with van der Waals surface area (Å²) in [5, 5.41) is 76.8. The Hall–Kier alpha value is -0.440. The first-order valence-electron chi connectivity index (χ1n) is 7.08. The molecule has 0 aromatic carbocycles. The first-order valence-corrected chi connectivity index (χ1v) is 7.08. The van der Waals surface area contributed by atoms with E-state index in [2.05, 4.69) is 0 Å². The lowest BCUT2D eigenvalue weighted by atomic mass is 9.97. The standard InChI is InChI=1S/C12H22O11/c13-1-3-5(15)7(17)8(18)12(22-3)23-10-6(16)4(2-14)21-11(20)9(10)19/h3-20H,1-2H2/t3?,4?,5-,6+,7?,8-,9?,10-,11?,12-/m0/s1. The van der Waals surface area contributed by atoms with Crippen LogP contribution in [0, 0.1) is 0 Å². The topological polar surface area (TPSA) is 190 Å². The van der Waals surface area contributed by atoms with Crippen molar-refractivity contribution in [3.63, 3.8) is 0 Å². The minimum absolute atomic E-state index is 0.667. The van der Waals surface area contributed by atoms with Gasteiger partial charge in [-0.25, -0.2) is 0 Å². The minimum atomic E-state index is -1.76. The third-order valence-electron chi connectivity index (χ3n) is 3.98. The second-order valence-corrected chi connectivity index (χ2v) is 5.53. The van der Waals surface area contributed by atoms with Crippen LogP contribution in [0.3, 0.4) is 0 Å². The zero-order valence-corrected chi connectivity index (χ0v) is 12.0. The maximum absolute atomic E-state index is 10.00. The maximum atomic E-state index is 10.00. The molecule has 2 rings (SSSR count). The molecule has 2 fully saturated rings. The minimum Gasteiger partial charge on any atom is -0.394 e. The fourth-order valence-corrected chi connectivity index (χ4v) is 2.56. The Morgan fingerprint density at radius 1 is 0.652 bits per heavy atom. The molecular formula is C12H22O11. The SMILES string of the molecule is OCC1O[C@@H](O[C@@H]2C(O)C(O)OC(CO)[C@H]2O)[C@@H](O)C(O)[C@H]1O. The molecule has 0 aromatic rings. The van der Waals surface area contributed by atoms with E-state index >= 15 is 0 Å². The van der Waals surface area contributed by atoms with Gasteiger partial charge in [-0.1, -0.05) is 0 Å². The Kier molecular flexibility index (Phi) is 6.27. The fraction of sp³-hybridized carbons (Fsp3) is 1.00. The number of aliphatic hydroxyl groups excluding tert-OH is 8. The van der Waals surface area contributed by atoms with Crippen molar-refractivity contribution >= 4 is 0 Å². The molecule has 0 aromatic heterocycles. The molecule has 0 saturated carbocycles. The largest absolute Gasteiger partial charge is 0.394 e. The van der Waals surface area contributed by atoms with Gasteiger partial charge in [0.15, 0.2) is 12.6 Å². The average Bonchev–Trinajstić information content (AvgIpc) is 2.54. The highest BCUT2D eigenvalue weighted by molar-refractivity contribution is 4.93. The number of aliphatic hydroxyl groups is 8. The molecule has 8 N–H and O–H groups in total. The van der Waals surface area contributed by atoms with Crippen LogP contribution < -0.4 is 0 Å². The van der Waals surface area contributed by atoms with Crippen molar-refractivity contribution in [3.05, 3.63) is 0 Å². The molecule has 11 nitrogen and oxygen atoms in total. The van der Waals surface area contributed by atoms with Gasteiger partial charge in [0.25, 0.3) is 0 Å². The van der Waals surface area contributed by atoms with Crippen molar-refractivity contribution in [2.45, 2.75) is 61.4 Å². The summed E-state index contributed by atoms with van der Waals surface area (Å²) in [7, 11) is 0. The summed E-state index contributed by atoms with van der Waals surface area (Å²) in [6, 6.07) is 0. The summed E-state index contributed by atoms with van der Waals surface area (Å²) >= 11 is 0. The second-order valence-electron chi connectivity index (χ2n) is 5.53. The lowest BCUT2D eigenvalue weighted by Gasteiger charge is -2.45. The third-order valence-corrected chi connectivity index (χ3v) is 3.98. The quantitative estimate of drug-likeness (QED) is 0.243. The summed E-state index contributed by atoms with van der Waals surface area (Å²) in [5.74, 6) is 0. The van der Waals surface area contributed by atoms with E-state index in [1.54, 1.807) is 0 Å². The monoisotopic (exact) mass is 342 g/mol. The lowest BCUT2D eigenvalue weighted by Crippen LogP contribution is -2.64. The number of hydrogen-bond donors (Lipinski definition) is 8. The Bertz CT molecular complexity index is 380. The Morgan fingerprint density at radius 2 is 1.22 bits per heavy atom. The van der Waals surface area contributed by atoms with Crippen LogP contribution in [0.5, 0.6) is 0 Å². The molecule has 0 amide bonds. The second kappa shape index (κ2) is 7.63. The zero-order valence-electron chi connectivity index (χ0n) is 12.0. The molecule has 0 spiro atoms. The smallest absolute Gasteiger partial charge is 0.187 e. The third kappa shape index (κ3) is 3.65. The van der Waals surface area contributed by atoms with Crippen molar-refractivity contribution in [3.8, 4) is 0 Å². The Balaban J connectivity index is 2.11. The first-order chi connectivity index (χ1) is 10.8. The van der Waals surface area contributed by atoms with E-state index in [1.807, 2.05) is 0 Å². The Labute approximate surface area is 130 Å². The highest BCUT2D eigenvalue weighted by Crippen LogP contribution is 2.28.